The van der Waals surface area contributed by atoms with Crippen LogP contribution < -0.4 is 0 Å². The lowest BCUT2D eigenvalue weighted by Gasteiger charge is -2.38. The average Bonchev–Trinajstić information content (AvgIpc) is 2.66. The molecular weight excluding hydrogens is 424 g/mol. The van der Waals surface area contributed by atoms with Crippen molar-refractivity contribution in [3.8, 4) is 11.5 Å². The summed E-state index contributed by atoms with van der Waals surface area (Å²) in [5, 5.41) is 0. The summed E-state index contributed by atoms with van der Waals surface area (Å²) < 4.78 is 30.2. The first-order valence-corrected chi connectivity index (χ1v) is 14.4. The van der Waals surface area contributed by atoms with E-state index >= 15 is 0 Å². The molecule has 0 bridgehead atoms. The fourth-order valence-corrected chi connectivity index (χ4v) is 10.3. The highest BCUT2D eigenvalue weighted by Gasteiger charge is 2.41. The predicted molar refractivity (Wildman–Crippen MR) is 128 cm³/mol. The van der Waals surface area contributed by atoms with Crippen LogP contribution in [0.15, 0.2) is 35.2 Å². The highest BCUT2D eigenvalue weighted by molar-refractivity contribution is 7.86. The molecule has 0 saturated heterocycles. The molecule has 7 heteroatoms. The Kier molecular flexibility index (Phi) is 8.20. The van der Waals surface area contributed by atoms with Crippen LogP contribution >= 0.6 is 0 Å². The number of nitrogens with zero attached hydrogens (tertiary/aromatic N) is 2. The molecule has 0 aliphatic rings. The maximum Gasteiger partial charge on any atom is 0.297 e. The van der Waals surface area contributed by atoms with Gasteiger partial charge in [-0.3, -0.25) is 4.18 Å². The Bertz CT molecular complexity index is 1040. The van der Waals surface area contributed by atoms with Gasteiger partial charge >= 0.3 is 0 Å². The van der Waals surface area contributed by atoms with Gasteiger partial charge < -0.3 is 0 Å². The van der Waals surface area contributed by atoms with Crippen LogP contribution in [0.2, 0.25) is 16.6 Å². The lowest BCUT2D eigenvalue weighted by atomic mass is 10.2. The molecule has 1 heterocycles. The highest BCUT2D eigenvalue weighted by atomic mass is 32.2. The van der Waals surface area contributed by atoms with E-state index in [0.717, 1.165) is 11.3 Å². The molecule has 0 spiro atoms. The molecular formula is C24H34N2O3SSi. The maximum absolute atomic E-state index is 12.5. The van der Waals surface area contributed by atoms with Crippen molar-refractivity contribution in [3.05, 3.63) is 53.1 Å². The largest absolute Gasteiger partial charge is 0.297 e. The van der Waals surface area contributed by atoms with Gasteiger partial charge in [-0.2, -0.15) is 8.42 Å². The van der Waals surface area contributed by atoms with Gasteiger partial charge in [0.2, 0.25) is 0 Å². The summed E-state index contributed by atoms with van der Waals surface area (Å²) >= 11 is 0. The first-order valence-electron chi connectivity index (χ1n) is 10.7. The van der Waals surface area contributed by atoms with Crippen LogP contribution in [0.1, 0.15) is 64.3 Å². The Hall–Kier alpha value is -2.01. The highest BCUT2D eigenvalue weighted by Crippen LogP contribution is 2.40. The first kappa shape index (κ1) is 25.2. The van der Waals surface area contributed by atoms with Gasteiger partial charge in [-0.1, -0.05) is 65.2 Å². The number of aryl methyl sites for hydroxylation is 2. The van der Waals surface area contributed by atoms with E-state index < -0.39 is 18.2 Å². The van der Waals surface area contributed by atoms with Gasteiger partial charge in [0.25, 0.3) is 10.1 Å². The molecule has 0 aliphatic heterocycles. The molecule has 5 nitrogen and oxygen atoms in total. The standard InChI is InChI=1S/C24H34N2O3SSi/c1-17(2)31(18(3)4,19(5)6)14-13-22-15-21(8)25-24(26-22)16-29-30(27,28)23-11-9-20(7)10-12-23/h9-12,15,17-19H,16H2,1-8H3. The molecule has 0 atom stereocenters. The fraction of sp³-hybridized carbons (Fsp3) is 0.500. The summed E-state index contributed by atoms with van der Waals surface area (Å²) in [4.78, 5) is 8.93. The Labute approximate surface area is 188 Å². The van der Waals surface area contributed by atoms with Crippen LogP contribution in [0.4, 0.5) is 0 Å². The summed E-state index contributed by atoms with van der Waals surface area (Å²) in [5.74, 6) is 3.61. The van der Waals surface area contributed by atoms with Gasteiger partial charge in [-0.25, -0.2) is 9.97 Å². The van der Waals surface area contributed by atoms with Crippen LogP contribution in [-0.2, 0) is 20.9 Å². The third-order valence-electron chi connectivity index (χ3n) is 5.83. The Balaban J connectivity index is 2.31. The topological polar surface area (TPSA) is 69.2 Å². The van der Waals surface area contributed by atoms with Crippen LogP contribution in [0.5, 0.6) is 0 Å². The van der Waals surface area contributed by atoms with Gasteiger partial charge in [-0.05, 0) is 48.7 Å². The molecule has 0 amide bonds. The van der Waals surface area contributed by atoms with Crippen molar-refractivity contribution in [2.45, 2.75) is 83.5 Å². The van der Waals surface area contributed by atoms with Crippen molar-refractivity contribution in [1.29, 1.82) is 0 Å². The van der Waals surface area contributed by atoms with E-state index in [9.17, 15) is 8.42 Å². The van der Waals surface area contributed by atoms with Crippen molar-refractivity contribution in [2.75, 3.05) is 0 Å². The van der Waals surface area contributed by atoms with Gasteiger partial charge in [0, 0.05) is 5.69 Å². The van der Waals surface area contributed by atoms with Crippen molar-refractivity contribution >= 4 is 18.2 Å². The Morgan fingerprint density at radius 3 is 2.00 bits per heavy atom. The van der Waals surface area contributed by atoms with Crippen LogP contribution in [0.25, 0.3) is 0 Å². The fourth-order valence-electron chi connectivity index (χ4n) is 4.27. The number of hydrogen-bond acceptors (Lipinski definition) is 5. The summed E-state index contributed by atoms with van der Waals surface area (Å²) in [7, 11) is -5.77. The minimum absolute atomic E-state index is 0.118. The summed E-state index contributed by atoms with van der Waals surface area (Å²) in [6.07, 6.45) is 0. The second-order valence-electron chi connectivity index (χ2n) is 8.99. The van der Waals surface area contributed by atoms with Gasteiger partial charge in [0.1, 0.15) is 20.4 Å². The quantitative estimate of drug-likeness (QED) is 0.308. The summed E-state index contributed by atoms with van der Waals surface area (Å²) in [6.45, 7) is 17.1. The molecule has 0 radical (unpaired) electrons. The maximum atomic E-state index is 12.5. The second kappa shape index (κ2) is 10.1. The molecule has 31 heavy (non-hydrogen) atoms. The van der Waals surface area contributed by atoms with Crippen molar-refractivity contribution in [3.63, 3.8) is 0 Å². The van der Waals surface area contributed by atoms with Crippen LogP contribution in [0.3, 0.4) is 0 Å². The summed E-state index contributed by atoms with van der Waals surface area (Å²) in [5.41, 5.74) is 7.52. The van der Waals surface area contributed by atoms with E-state index in [1.165, 1.54) is 12.1 Å². The number of hydrogen-bond donors (Lipinski definition) is 0. The third-order valence-corrected chi connectivity index (χ3v) is 13.4. The molecule has 0 N–H and O–H groups in total. The molecule has 0 saturated carbocycles. The van der Waals surface area contributed by atoms with E-state index in [-0.39, 0.29) is 11.5 Å². The molecule has 2 rings (SSSR count). The van der Waals surface area contributed by atoms with E-state index in [4.69, 9.17) is 4.18 Å². The lowest BCUT2D eigenvalue weighted by Crippen LogP contribution is -2.43. The van der Waals surface area contributed by atoms with Gasteiger partial charge in [0.15, 0.2) is 5.82 Å². The molecule has 168 valence electrons. The van der Waals surface area contributed by atoms with Gasteiger partial charge in [-0.15, -0.1) is 5.54 Å². The zero-order chi connectivity index (χ0) is 23.4. The predicted octanol–water partition coefficient (Wildman–Crippen LogP) is 5.57. The number of aromatic nitrogens is 2. The van der Waals surface area contributed by atoms with E-state index in [1.54, 1.807) is 12.1 Å². The van der Waals surface area contributed by atoms with Crippen molar-refractivity contribution < 1.29 is 12.6 Å². The Morgan fingerprint density at radius 1 is 0.935 bits per heavy atom. The van der Waals surface area contributed by atoms with E-state index in [1.807, 2.05) is 19.9 Å². The first-order chi connectivity index (χ1) is 14.4. The molecule has 1 aromatic carbocycles. The zero-order valence-electron chi connectivity index (χ0n) is 19.9. The monoisotopic (exact) mass is 458 g/mol. The molecule has 2 aromatic rings. The Morgan fingerprint density at radius 2 is 1.48 bits per heavy atom. The SMILES string of the molecule is Cc1ccc(S(=O)(=O)OCc2nc(C)cc(C#C[Si](C(C)C)(C(C)C)C(C)C)n2)cc1. The molecule has 0 aliphatic carbocycles. The van der Waals surface area contributed by atoms with Crippen molar-refractivity contribution in [1.82, 2.24) is 9.97 Å². The molecule has 0 fully saturated rings. The average molecular weight is 459 g/mol. The lowest BCUT2D eigenvalue weighted by molar-refractivity contribution is 0.298. The smallest absolute Gasteiger partial charge is 0.258 e. The van der Waals surface area contributed by atoms with Gasteiger partial charge in [0.05, 0.1) is 4.90 Å². The number of benzene rings is 1. The summed E-state index contributed by atoms with van der Waals surface area (Å²) in [6, 6.07) is 8.38. The molecule has 0 unspecified atom stereocenters. The third kappa shape index (κ3) is 6.03. The second-order valence-corrected chi connectivity index (χ2v) is 16.2. The zero-order valence-corrected chi connectivity index (χ0v) is 21.7. The minimum Gasteiger partial charge on any atom is -0.258 e. The minimum atomic E-state index is -3.88. The van der Waals surface area contributed by atoms with Crippen molar-refractivity contribution in [2.24, 2.45) is 0 Å². The number of rotatable bonds is 7. The van der Waals surface area contributed by atoms with Crippen LogP contribution in [-0.4, -0.2) is 26.5 Å². The van der Waals surface area contributed by atoms with E-state index in [2.05, 4.69) is 63.0 Å². The normalized spacial score (nSPS) is 12.4. The van der Waals surface area contributed by atoms with E-state index in [0.29, 0.717) is 28.1 Å². The molecule has 1 aromatic heterocycles. The van der Waals surface area contributed by atoms with Crippen LogP contribution in [0, 0.1) is 25.3 Å².